The fourth-order valence-corrected chi connectivity index (χ4v) is 1.15. The Kier molecular flexibility index (Phi) is 4.61. The topological polar surface area (TPSA) is 119 Å². The van der Waals surface area contributed by atoms with Crippen LogP contribution in [0.1, 0.15) is 10.4 Å². The summed E-state index contributed by atoms with van der Waals surface area (Å²) in [6, 6.07) is 2.33. The molecule has 0 atom stereocenters. The van der Waals surface area contributed by atoms with Crippen molar-refractivity contribution in [3.8, 4) is 0 Å². The number of nitrogens with two attached hydrogens (primary N) is 1. The molecule has 2 amide bonds. The Morgan fingerprint density at radius 1 is 1.50 bits per heavy atom. The molecular formula is C10H13N5O3. The molecule has 0 spiro atoms. The third-order valence-electron chi connectivity index (χ3n) is 1.92. The molecule has 0 radical (unpaired) electrons. The van der Waals surface area contributed by atoms with Crippen LogP contribution >= 0.6 is 0 Å². The molecule has 4 N–H and O–H groups in total. The van der Waals surface area contributed by atoms with E-state index in [0.717, 1.165) is 0 Å². The molecule has 0 saturated carbocycles. The number of ether oxygens (including phenoxy) is 1. The van der Waals surface area contributed by atoms with E-state index in [4.69, 9.17) is 5.73 Å². The molecule has 1 aromatic heterocycles. The molecular weight excluding hydrogens is 238 g/mol. The highest BCUT2D eigenvalue weighted by atomic mass is 16.5. The van der Waals surface area contributed by atoms with Crippen molar-refractivity contribution in [3.05, 3.63) is 23.9 Å². The number of primary amides is 1. The van der Waals surface area contributed by atoms with E-state index in [2.05, 4.69) is 25.3 Å². The van der Waals surface area contributed by atoms with Gasteiger partial charge in [0.25, 0.3) is 0 Å². The van der Waals surface area contributed by atoms with Crippen LogP contribution in [0.4, 0.5) is 10.6 Å². The largest absolute Gasteiger partial charge is 0.465 e. The van der Waals surface area contributed by atoms with Crippen molar-refractivity contribution in [2.75, 3.05) is 19.5 Å². The fourth-order valence-electron chi connectivity index (χ4n) is 1.15. The van der Waals surface area contributed by atoms with Gasteiger partial charge >= 0.3 is 12.0 Å². The highest BCUT2D eigenvalue weighted by Crippen LogP contribution is 2.12. The zero-order chi connectivity index (χ0) is 13.5. The number of pyridine rings is 1. The molecule has 0 unspecified atom stereocenters. The molecule has 0 fully saturated rings. The molecule has 96 valence electrons. The van der Waals surface area contributed by atoms with Crippen molar-refractivity contribution in [2.24, 2.45) is 10.7 Å². The molecule has 1 aromatic rings. The molecule has 0 saturated heterocycles. The van der Waals surface area contributed by atoms with Crippen LogP contribution in [0.25, 0.3) is 0 Å². The Morgan fingerprint density at radius 2 is 2.22 bits per heavy atom. The molecule has 0 aliphatic heterocycles. The van der Waals surface area contributed by atoms with Crippen molar-refractivity contribution in [3.63, 3.8) is 0 Å². The minimum absolute atomic E-state index is 0.0753. The molecule has 1 heterocycles. The Morgan fingerprint density at radius 3 is 2.78 bits per heavy atom. The number of esters is 1. The van der Waals surface area contributed by atoms with Gasteiger partial charge in [-0.2, -0.15) is 0 Å². The van der Waals surface area contributed by atoms with Gasteiger partial charge in [-0.25, -0.2) is 14.6 Å². The zero-order valence-electron chi connectivity index (χ0n) is 9.93. The smallest absolute Gasteiger partial charge is 0.341 e. The summed E-state index contributed by atoms with van der Waals surface area (Å²) in [4.78, 5) is 29.9. The van der Waals surface area contributed by atoms with Gasteiger partial charge in [0.15, 0.2) is 0 Å². The van der Waals surface area contributed by atoms with Crippen molar-refractivity contribution >= 4 is 23.8 Å². The SMILES string of the molecule is CN=C(NC(N)=O)Nc1ncccc1C(=O)OC. The number of hydrogen-bond donors (Lipinski definition) is 3. The highest BCUT2D eigenvalue weighted by Gasteiger charge is 2.14. The number of rotatable bonds is 2. The normalized spacial score (nSPS) is 10.7. The summed E-state index contributed by atoms with van der Waals surface area (Å²) in [6.07, 6.45) is 1.48. The van der Waals surface area contributed by atoms with Gasteiger partial charge in [-0.15, -0.1) is 0 Å². The number of guanidine groups is 1. The van der Waals surface area contributed by atoms with Gasteiger partial charge in [-0.3, -0.25) is 10.3 Å². The van der Waals surface area contributed by atoms with Gasteiger partial charge in [0.2, 0.25) is 5.96 Å². The number of carbonyl (C=O) groups is 2. The average Bonchev–Trinajstić information content (AvgIpc) is 2.37. The van der Waals surface area contributed by atoms with Crippen molar-refractivity contribution in [2.45, 2.75) is 0 Å². The van der Waals surface area contributed by atoms with Crippen LogP contribution in [-0.2, 0) is 4.74 Å². The summed E-state index contributed by atoms with van der Waals surface area (Å²) in [5, 5.41) is 4.92. The Balaban J connectivity index is 2.96. The molecule has 0 bridgehead atoms. The summed E-state index contributed by atoms with van der Waals surface area (Å²) in [5.74, 6) is -0.273. The number of carbonyl (C=O) groups excluding carboxylic acids is 2. The average molecular weight is 251 g/mol. The number of anilines is 1. The third-order valence-corrected chi connectivity index (χ3v) is 1.92. The lowest BCUT2D eigenvalue weighted by molar-refractivity contribution is 0.0601. The number of methoxy groups -OCH3 is 1. The first-order chi connectivity index (χ1) is 8.58. The molecule has 0 aliphatic rings. The predicted molar refractivity (Wildman–Crippen MR) is 65.3 cm³/mol. The number of amides is 2. The molecule has 8 nitrogen and oxygen atoms in total. The number of nitrogens with zero attached hydrogens (tertiary/aromatic N) is 2. The highest BCUT2D eigenvalue weighted by molar-refractivity contribution is 6.05. The molecule has 0 aromatic carbocycles. The van der Waals surface area contributed by atoms with Crippen LogP contribution in [0.2, 0.25) is 0 Å². The van der Waals surface area contributed by atoms with Crippen molar-refractivity contribution in [1.29, 1.82) is 0 Å². The summed E-state index contributed by atoms with van der Waals surface area (Å²) >= 11 is 0. The number of hydrogen-bond acceptors (Lipinski definition) is 5. The fraction of sp³-hybridized carbons (Fsp3) is 0.200. The van der Waals surface area contributed by atoms with Crippen LogP contribution in [0.5, 0.6) is 0 Å². The maximum atomic E-state index is 11.5. The van der Waals surface area contributed by atoms with Gasteiger partial charge in [-0.05, 0) is 12.1 Å². The maximum Gasteiger partial charge on any atom is 0.341 e. The first kappa shape index (κ1) is 13.4. The lowest BCUT2D eigenvalue weighted by Crippen LogP contribution is -2.39. The van der Waals surface area contributed by atoms with E-state index in [1.807, 2.05) is 0 Å². The van der Waals surface area contributed by atoms with E-state index in [9.17, 15) is 9.59 Å². The van der Waals surface area contributed by atoms with Gasteiger partial charge < -0.3 is 15.8 Å². The minimum atomic E-state index is -0.779. The monoisotopic (exact) mass is 251 g/mol. The first-order valence-corrected chi connectivity index (χ1v) is 4.92. The van der Waals surface area contributed by atoms with Crippen molar-refractivity contribution < 1.29 is 14.3 Å². The van der Waals surface area contributed by atoms with E-state index in [-0.39, 0.29) is 17.3 Å². The number of urea groups is 1. The number of aromatic nitrogens is 1. The second-order valence-electron chi connectivity index (χ2n) is 3.08. The second-order valence-corrected chi connectivity index (χ2v) is 3.08. The Hall–Kier alpha value is -2.64. The summed E-state index contributed by atoms with van der Waals surface area (Å²) < 4.78 is 4.60. The van der Waals surface area contributed by atoms with E-state index < -0.39 is 12.0 Å². The summed E-state index contributed by atoms with van der Waals surface area (Å²) in [6.45, 7) is 0. The Labute approximate surface area is 103 Å². The summed E-state index contributed by atoms with van der Waals surface area (Å²) in [7, 11) is 2.70. The Bertz CT molecular complexity index is 486. The van der Waals surface area contributed by atoms with Crippen LogP contribution in [-0.4, -0.2) is 37.1 Å². The van der Waals surface area contributed by atoms with E-state index in [1.165, 1.54) is 26.4 Å². The van der Waals surface area contributed by atoms with Crippen LogP contribution < -0.4 is 16.4 Å². The van der Waals surface area contributed by atoms with E-state index >= 15 is 0 Å². The lowest BCUT2D eigenvalue weighted by Gasteiger charge is -2.10. The van der Waals surface area contributed by atoms with Crippen LogP contribution in [0.15, 0.2) is 23.3 Å². The molecule has 1 rings (SSSR count). The van der Waals surface area contributed by atoms with Gasteiger partial charge in [0, 0.05) is 13.2 Å². The maximum absolute atomic E-state index is 11.5. The molecule has 8 heteroatoms. The first-order valence-electron chi connectivity index (χ1n) is 4.92. The quantitative estimate of drug-likeness (QED) is 0.386. The zero-order valence-corrected chi connectivity index (χ0v) is 9.93. The van der Waals surface area contributed by atoms with Crippen LogP contribution in [0, 0.1) is 0 Å². The number of nitrogens with one attached hydrogen (secondary N) is 2. The summed E-state index contributed by atoms with van der Waals surface area (Å²) in [5.41, 5.74) is 5.18. The molecule has 18 heavy (non-hydrogen) atoms. The van der Waals surface area contributed by atoms with Gasteiger partial charge in [0.05, 0.1) is 7.11 Å². The second kappa shape index (κ2) is 6.18. The number of aliphatic imine (C=N–C) groups is 1. The van der Waals surface area contributed by atoms with Crippen molar-refractivity contribution in [1.82, 2.24) is 10.3 Å². The van der Waals surface area contributed by atoms with Gasteiger partial charge in [-0.1, -0.05) is 0 Å². The third kappa shape index (κ3) is 3.44. The van der Waals surface area contributed by atoms with E-state index in [0.29, 0.717) is 0 Å². The van der Waals surface area contributed by atoms with E-state index in [1.54, 1.807) is 6.07 Å². The van der Waals surface area contributed by atoms with Gasteiger partial charge in [0.1, 0.15) is 11.4 Å². The lowest BCUT2D eigenvalue weighted by atomic mass is 10.2. The minimum Gasteiger partial charge on any atom is -0.465 e. The van der Waals surface area contributed by atoms with Crippen LogP contribution in [0.3, 0.4) is 0 Å². The predicted octanol–water partition coefficient (Wildman–Crippen LogP) is -0.0658. The standard InChI is InChI=1S/C10H13N5O3/c1-12-10(15-9(11)17)14-7-6(8(16)18-2)4-3-5-13-7/h3-5H,1-2H3,(H4,11,12,13,14,15,17). The molecule has 0 aliphatic carbocycles.